The SMILES string of the molecule is COc1ccccc1-c1nnc(SCCC(=O)Nc2cc(C)on2)n1-c1ccc(Cl)cc1. The fraction of sp³-hybridized carbons (Fsp3) is 0.182. The number of nitrogens with one attached hydrogen (secondary N) is 1. The highest BCUT2D eigenvalue weighted by Gasteiger charge is 2.19. The normalized spacial score (nSPS) is 10.8. The van der Waals surface area contributed by atoms with E-state index in [1.165, 1.54) is 11.8 Å². The van der Waals surface area contributed by atoms with Crippen molar-refractivity contribution in [1.82, 2.24) is 19.9 Å². The van der Waals surface area contributed by atoms with Gasteiger partial charge in [-0.2, -0.15) is 0 Å². The van der Waals surface area contributed by atoms with Gasteiger partial charge in [-0.3, -0.25) is 9.36 Å². The number of nitrogens with zero attached hydrogens (tertiary/aromatic N) is 4. The van der Waals surface area contributed by atoms with Crippen molar-refractivity contribution in [2.45, 2.75) is 18.5 Å². The van der Waals surface area contributed by atoms with Crippen LogP contribution < -0.4 is 10.1 Å². The second-order valence-corrected chi connectivity index (χ2v) is 8.29. The number of para-hydroxylation sites is 1. The van der Waals surface area contributed by atoms with Gasteiger partial charge in [0.05, 0.1) is 12.7 Å². The van der Waals surface area contributed by atoms with Gasteiger partial charge < -0.3 is 14.6 Å². The topological polar surface area (TPSA) is 95.1 Å². The van der Waals surface area contributed by atoms with Crippen LogP contribution in [0.15, 0.2) is 64.3 Å². The number of thioether (sulfide) groups is 1. The summed E-state index contributed by atoms with van der Waals surface area (Å²) in [5.41, 5.74) is 1.66. The van der Waals surface area contributed by atoms with Crippen molar-refractivity contribution in [3.05, 3.63) is 65.4 Å². The van der Waals surface area contributed by atoms with Crippen molar-refractivity contribution in [2.24, 2.45) is 0 Å². The predicted molar refractivity (Wildman–Crippen MR) is 124 cm³/mol. The van der Waals surface area contributed by atoms with Crippen molar-refractivity contribution in [3.8, 4) is 22.8 Å². The Bertz CT molecular complexity index is 1220. The van der Waals surface area contributed by atoms with E-state index >= 15 is 0 Å². The van der Waals surface area contributed by atoms with Crippen molar-refractivity contribution in [2.75, 3.05) is 18.2 Å². The molecule has 2 heterocycles. The number of carbonyl (C=O) groups is 1. The number of aromatic nitrogens is 4. The van der Waals surface area contributed by atoms with Crippen LogP contribution in [0.3, 0.4) is 0 Å². The van der Waals surface area contributed by atoms with Crippen LogP contribution >= 0.6 is 23.4 Å². The van der Waals surface area contributed by atoms with Crippen LogP contribution in [-0.4, -0.2) is 38.7 Å². The van der Waals surface area contributed by atoms with Crippen LogP contribution in [0.2, 0.25) is 5.02 Å². The summed E-state index contributed by atoms with van der Waals surface area (Å²) in [5.74, 6) is 2.70. The number of benzene rings is 2. The minimum atomic E-state index is -0.159. The zero-order valence-corrected chi connectivity index (χ0v) is 19.0. The predicted octanol–water partition coefficient (Wildman–Crippen LogP) is 5.01. The maximum Gasteiger partial charge on any atom is 0.226 e. The standard InChI is InChI=1S/C22H20ClN5O3S/c1-14-13-19(27-31-14)24-20(29)11-12-32-22-26-25-21(17-5-3-4-6-18(17)30-2)28(22)16-9-7-15(23)8-10-16/h3-10,13H,11-12H2,1-2H3,(H,24,27,29). The fourth-order valence-electron chi connectivity index (χ4n) is 3.06. The van der Waals surface area contributed by atoms with Crippen LogP contribution in [-0.2, 0) is 4.79 Å². The monoisotopic (exact) mass is 469 g/mol. The molecule has 0 aliphatic rings. The first kappa shape index (κ1) is 21.9. The number of methoxy groups -OCH3 is 1. The lowest BCUT2D eigenvalue weighted by Gasteiger charge is -2.12. The summed E-state index contributed by atoms with van der Waals surface area (Å²) in [6.07, 6.45) is 0.272. The highest BCUT2D eigenvalue weighted by atomic mass is 35.5. The minimum Gasteiger partial charge on any atom is -0.496 e. The van der Waals surface area contributed by atoms with E-state index in [1.54, 1.807) is 20.1 Å². The summed E-state index contributed by atoms with van der Waals surface area (Å²) in [6, 6.07) is 16.7. The minimum absolute atomic E-state index is 0.159. The van der Waals surface area contributed by atoms with E-state index in [0.717, 1.165) is 11.3 Å². The third-order valence-electron chi connectivity index (χ3n) is 4.52. The molecule has 8 nitrogen and oxygen atoms in total. The van der Waals surface area contributed by atoms with Gasteiger partial charge in [-0.05, 0) is 43.3 Å². The van der Waals surface area contributed by atoms with E-state index in [9.17, 15) is 4.79 Å². The molecule has 0 fully saturated rings. The van der Waals surface area contributed by atoms with Gasteiger partial charge in [0, 0.05) is 29.0 Å². The number of halogens is 1. The Morgan fingerprint density at radius 2 is 1.97 bits per heavy atom. The van der Waals surface area contributed by atoms with Crippen LogP contribution in [0.5, 0.6) is 5.75 Å². The summed E-state index contributed by atoms with van der Waals surface area (Å²) >= 11 is 7.51. The van der Waals surface area contributed by atoms with E-state index in [2.05, 4.69) is 20.7 Å². The maximum atomic E-state index is 12.2. The largest absolute Gasteiger partial charge is 0.496 e. The quantitative estimate of drug-likeness (QED) is 0.362. The molecule has 0 saturated carbocycles. The Hall–Kier alpha value is -3.30. The smallest absolute Gasteiger partial charge is 0.226 e. The molecule has 10 heteroatoms. The number of amides is 1. The molecule has 4 aromatic rings. The van der Waals surface area contributed by atoms with Gasteiger partial charge in [0.25, 0.3) is 0 Å². The second kappa shape index (κ2) is 9.88. The summed E-state index contributed by atoms with van der Waals surface area (Å²) in [4.78, 5) is 12.2. The lowest BCUT2D eigenvalue weighted by molar-refractivity contribution is -0.115. The summed E-state index contributed by atoms with van der Waals surface area (Å²) in [5, 5.41) is 16.6. The Labute approximate surface area is 193 Å². The molecule has 2 aromatic heterocycles. The second-order valence-electron chi connectivity index (χ2n) is 6.79. The lowest BCUT2D eigenvalue weighted by Crippen LogP contribution is -2.12. The first-order valence-corrected chi connectivity index (χ1v) is 11.1. The van der Waals surface area contributed by atoms with Gasteiger partial charge in [0.1, 0.15) is 11.5 Å². The summed E-state index contributed by atoms with van der Waals surface area (Å²) < 4.78 is 12.4. The van der Waals surface area contributed by atoms with Gasteiger partial charge in [0.15, 0.2) is 16.8 Å². The number of aryl methyl sites for hydroxylation is 1. The number of anilines is 1. The van der Waals surface area contributed by atoms with Gasteiger partial charge in [-0.1, -0.05) is 40.7 Å². The van der Waals surface area contributed by atoms with E-state index in [4.69, 9.17) is 20.9 Å². The Morgan fingerprint density at radius 1 is 1.19 bits per heavy atom. The molecule has 0 bridgehead atoms. The van der Waals surface area contributed by atoms with Gasteiger partial charge in [-0.15, -0.1) is 10.2 Å². The first-order chi connectivity index (χ1) is 15.5. The lowest BCUT2D eigenvalue weighted by atomic mass is 10.2. The van der Waals surface area contributed by atoms with Gasteiger partial charge in [0.2, 0.25) is 5.91 Å². The molecule has 1 amide bonds. The average Bonchev–Trinajstić information content (AvgIpc) is 3.40. The first-order valence-electron chi connectivity index (χ1n) is 9.76. The molecule has 1 N–H and O–H groups in total. The molecule has 0 aliphatic heterocycles. The van der Waals surface area contributed by atoms with Crippen molar-refractivity contribution < 1.29 is 14.1 Å². The molecule has 0 aliphatic carbocycles. The zero-order valence-electron chi connectivity index (χ0n) is 17.4. The van der Waals surface area contributed by atoms with Crippen LogP contribution in [0, 0.1) is 6.92 Å². The van der Waals surface area contributed by atoms with Gasteiger partial charge >= 0.3 is 0 Å². The Balaban J connectivity index is 1.57. The molecule has 0 spiro atoms. The number of hydrogen-bond acceptors (Lipinski definition) is 7. The molecule has 0 saturated heterocycles. The van der Waals surface area contributed by atoms with E-state index in [1.807, 2.05) is 53.1 Å². The molecule has 32 heavy (non-hydrogen) atoms. The number of rotatable bonds is 8. The summed E-state index contributed by atoms with van der Waals surface area (Å²) in [7, 11) is 1.62. The molecular formula is C22H20ClN5O3S. The molecule has 164 valence electrons. The van der Waals surface area contributed by atoms with Crippen LogP contribution in [0.1, 0.15) is 12.2 Å². The number of ether oxygens (including phenoxy) is 1. The molecular weight excluding hydrogens is 450 g/mol. The van der Waals surface area contributed by atoms with E-state index in [-0.39, 0.29) is 12.3 Å². The van der Waals surface area contributed by atoms with Crippen LogP contribution in [0.25, 0.3) is 17.1 Å². The third-order valence-corrected chi connectivity index (χ3v) is 5.70. The number of hydrogen-bond donors (Lipinski definition) is 1. The van der Waals surface area contributed by atoms with Crippen molar-refractivity contribution in [3.63, 3.8) is 0 Å². The Kier molecular flexibility index (Phi) is 6.77. The average molecular weight is 470 g/mol. The molecule has 4 rings (SSSR count). The zero-order chi connectivity index (χ0) is 22.5. The molecule has 0 unspecified atom stereocenters. The Morgan fingerprint density at radius 3 is 2.69 bits per heavy atom. The highest BCUT2D eigenvalue weighted by Crippen LogP contribution is 2.33. The summed E-state index contributed by atoms with van der Waals surface area (Å²) in [6.45, 7) is 1.77. The van der Waals surface area contributed by atoms with Gasteiger partial charge in [-0.25, -0.2) is 0 Å². The van der Waals surface area contributed by atoms with Crippen molar-refractivity contribution >= 4 is 35.1 Å². The van der Waals surface area contributed by atoms with E-state index in [0.29, 0.717) is 39.1 Å². The van der Waals surface area contributed by atoms with E-state index < -0.39 is 0 Å². The van der Waals surface area contributed by atoms with Crippen molar-refractivity contribution in [1.29, 1.82) is 0 Å². The van der Waals surface area contributed by atoms with Crippen LogP contribution in [0.4, 0.5) is 5.82 Å². The molecule has 2 aromatic carbocycles. The number of carbonyl (C=O) groups excluding carboxylic acids is 1. The molecule has 0 radical (unpaired) electrons. The fourth-order valence-corrected chi connectivity index (χ4v) is 4.07. The maximum absolute atomic E-state index is 12.2. The third kappa shape index (κ3) is 4.95. The highest BCUT2D eigenvalue weighted by molar-refractivity contribution is 7.99. The molecule has 0 atom stereocenters.